The maximum Gasteiger partial charge on any atom is 0.353 e. The van der Waals surface area contributed by atoms with Crippen LogP contribution in [0.5, 0.6) is 0 Å². The number of carbonyl (C=O) groups excluding carboxylic acids is 1. The van der Waals surface area contributed by atoms with Crippen LogP contribution in [0.4, 0.5) is 0 Å². The van der Waals surface area contributed by atoms with Crippen molar-refractivity contribution in [1.82, 2.24) is 4.98 Å². The molecule has 0 spiro atoms. The summed E-state index contributed by atoms with van der Waals surface area (Å²) in [6.45, 7) is -1.23. The van der Waals surface area contributed by atoms with Gasteiger partial charge >= 0.3 is 5.97 Å². The molecule has 0 radical (unpaired) electrons. The first-order valence-electron chi connectivity index (χ1n) is 8.67. The fraction of sp³-hybridized carbons (Fsp3) is 0.368. The van der Waals surface area contributed by atoms with Gasteiger partial charge in [-0.25, -0.2) is 4.79 Å². The van der Waals surface area contributed by atoms with Gasteiger partial charge in [-0.05, 0) is 35.1 Å². The van der Waals surface area contributed by atoms with Crippen LogP contribution in [0.3, 0.4) is 0 Å². The summed E-state index contributed by atoms with van der Waals surface area (Å²) in [5, 5.41) is 38.7. The third-order valence-corrected chi connectivity index (χ3v) is 4.97. The number of nitrogens with two attached hydrogens (primary N) is 1. The standard InChI is InChI=1S/C19H22N2O6/c20-5-14-15(11-4-3-10(6-22)12(7-23)13(11)8-24)16(17(21-14)19(26)27)18(25)9-1-2-9/h3-4,9,21-24H,1-2,5-8,20H2,(H,26,27). The average molecular weight is 374 g/mol. The highest BCUT2D eigenvalue weighted by molar-refractivity contribution is 6.12. The lowest BCUT2D eigenvalue weighted by Crippen LogP contribution is -2.11. The number of aromatic amines is 1. The van der Waals surface area contributed by atoms with E-state index in [4.69, 9.17) is 5.73 Å². The Morgan fingerprint density at radius 3 is 2.22 bits per heavy atom. The number of hydrogen-bond acceptors (Lipinski definition) is 6. The number of carboxylic acids is 1. The number of aromatic nitrogens is 1. The van der Waals surface area contributed by atoms with E-state index in [1.807, 2.05) is 0 Å². The van der Waals surface area contributed by atoms with Crippen LogP contribution in [-0.2, 0) is 26.4 Å². The van der Waals surface area contributed by atoms with Crippen molar-refractivity contribution < 1.29 is 30.0 Å². The van der Waals surface area contributed by atoms with Gasteiger partial charge in [0.25, 0.3) is 0 Å². The minimum atomic E-state index is -1.26. The smallest absolute Gasteiger partial charge is 0.353 e. The monoisotopic (exact) mass is 374 g/mol. The van der Waals surface area contributed by atoms with Gasteiger partial charge in [0.15, 0.2) is 5.78 Å². The zero-order chi connectivity index (χ0) is 19.7. The quantitative estimate of drug-likeness (QED) is 0.375. The van der Waals surface area contributed by atoms with Crippen molar-refractivity contribution in [3.8, 4) is 11.1 Å². The second-order valence-corrected chi connectivity index (χ2v) is 6.58. The van der Waals surface area contributed by atoms with Gasteiger partial charge in [0.05, 0.1) is 25.4 Å². The molecule has 8 heteroatoms. The second-order valence-electron chi connectivity index (χ2n) is 6.58. The molecule has 2 aromatic rings. The van der Waals surface area contributed by atoms with Gasteiger partial charge in [0.2, 0.25) is 0 Å². The van der Waals surface area contributed by atoms with E-state index in [-0.39, 0.29) is 36.1 Å². The van der Waals surface area contributed by atoms with E-state index in [1.165, 1.54) is 0 Å². The number of ketones is 1. The van der Waals surface area contributed by atoms with E-state index < -0.39 is 19.2 Å². The molecular weight excluding hydrogens is 352 g/mol. The zero-order valence-corrected chi connectivity index (χ0v) is 14.7. The fourth-order valence-corrected chi connectivity index (χ4v) is 3.46. The first kappa shape index (κ1) is 19.2. The highest BCUT2D eigenvalue weighted by Gasteiger charge is 2.37. The Balaban J connectivity index is 2.34. The van der Waals surface area contributed by atoms with Gasteiger partial charge < -0.3 is 31.1 Å². The summed E-state index contributed by atoms with van der Waals surface area (Å²) in [7, 11) is 0. The maximum atomic E-state index is 12.9. The molecule has 8 nitrogen and oxygen atoms in total. The summed E-state index contributed by atoms with van der Waals surface area (Å²) in [6, 6.07) is 3.19. The molecule has 0 atom stereocenters. The molecule has 0 saturated heterocycles. The molecule has 0 unspecified atom stereocenters. The SMILES string of the molecule is NCc1[nH]c(C(=O)O)c(C(=O)C2CC2)c1-c1ccc(CO)c(CO)c1CO. The van der Waals surface area contributed by atoms with E-state index in [0.717, 1.165) is 0 Å². The number of aliphatic hydroxyl groups excluding tert-OH is 3. The Morgan fingerprint density at radius 1 is 1.07 bits per heavy atom. The third-order valence-electron chi connectivity index (χ3n) is 4.97. The summed E-state index contributed by atoms with van der Waals surface area (Å²) < 4.78 is 0. The number of H-pyrrole nitrogens is 1. The van der Waals surface area contributed by atoms with E-state index in [0.29, 0.717) is 46.4 Å². The van der Waals surface area contributed by atoms with Gasteiger partial charge in [-0.1, -0.05) is 12.1 Å². The highest BCUT2D eigenvalue weighted by Crippen LogP contribution is 2.41. The zero-order valence-electron chi connectivity index (χ0n) is 14.7. The number of aliphatic hydroxyl groups is 3. The summed E-state index contributed by atoms with van der Waals surface area (Å²) >= 11 is 0. The van der Waals surface area contributed by atoms with Crippen LogP contribution < -0.4 is 5.73 Å². The molecule has 0 bridgehead atoms. The predicted molar refractivity (Wildman–Crippen MR) is 95.9 cm³/mol. The van der Waals surface area contributed by atoms with Gasteiger partial charge in [-0.15, -0.1) is 0 Å². The summed E-state index contributed by atoms with van der Waals surface area (Å²) in [5.41, 5.74) is 7.89. The van der Waals surface area contributed by atoms with E-state index >= 15 is 0 Å². The lowest BCUT2D eigenvalue weighted by Gasteiger charge is -2.17. The molecule has 1 saturated carbocycles. The van der Waals surface area contributed by atoms with Gasteiger partial charge in [-0.2, -0.15) is 0 Å². The molecule has 27 heavy (non-hydrogen) atoms. The number of benzene rings is 1. The van der Waals surface area contributed by atoms with Crippen LogP contribution in [0.25, 0.3) is 11.1 Å². The van der Waals surface area contributed by atoms with Crippen LogP contribution in [0.15, 0.2) is 12.1 Å². The molecule has 1 aromatic carbocycles. The van der Waals surface area contributed by atoms with Crippen molar-refractivity contribution in [2.24, 2.45) is 11.7 Å². The van der Waals surface area contributed by atoms with Crippen LogP contribution in [0, 0.1) is 5.92 Å². The van der Waals surface area contributed by atoms with E-state index in [1.54, 1.807) is 12.1 Å². The summed E-state index contributed by atoms with van der Waals surface area (Å²) in [4.78, 5) is 27.3. The molecule has 3 rings (SSSR count). The molecule has 7 N–H and O–H groups in total. The molecule has 1 aliphatic carbocycles. The average Bonchev–Trinajstić information content (AvgIpc) is 3.45. The van der Waals surface area contributed by atoms with Crippen LogP contribution in [-0.4, -0.2) is 37.2 Å². The van der Waals surface area contributed by atoms with Crippen molar-refractivity contribution in [3.63, 3.8) is 0 Å². The van der Waals surface area contributed by atoms with Gasteiger partial charge in [0.1, 0.15) is 5.69 Å². The molecule has 1 aliphatic rings. The molecule has 1 aromatic heterocycles. The Hall–Kier alpha value is -2.52. The van der Waals surface area contributed by atoms with Crippen molar-refractivity contribution in [2.45, 2.75) is 39.2 Å². The number of aromatic carboxylic acids is 1. The van der Waals surface area contributed by atoms with E-state index in [2.05, 4.69) is 4.98 Å². The molecular formula is C19H22N2O6. The number of carboxylic acid groups (broad SMARTS) is 1. The third kappa shape index (κ3) is 3.28. The molecule has 1 heterocycles. The highest BCUT2D eigenvalue weighted by atomic mass is 16.4. The van der Waals surface area contributed by atoms with Crippen LogP contribution in [0.1, 0.15) is 56.1 Å². The number of hydrogen-bond donors (Lipinski definition) is 6. The summed E-state index contributed by atoms with van der Waals surface area (Å²) in [5.74, 6) is -1.74. The number of rotatable bonds is 8. The Morgan fingerprint density at radius 2 is 1.74 bits per heavy atom. The number of Topliss-reactive ketones (excluding diaryl/α,β-unsaturated/α-hetero) is 1. The largest absolute Gasteiger partial charge is 0.477 e. The first-order chi connectivity index (χ1) is 13.0. The molecule has 144 valence electrons. The van der Waals surface area contributed by atoms with Crippen molar-refractivity contribution >= 4 is 11.8 Å². The van der Waals surface area contributed by atoms with Crippen LogP contribution >= 0.6 is 0 Å². The van der Waals surface area contributed by atoms with Gasteiger partial charge in [0, 0.05) is 23.7 Å². The molecule has 0 amide bonds. The lowest BCUT2D eigenvalue weighted by molar-refractivity contribution is 0.0685. The second kappa shape index (κ2) is 7.61. The van der Waals surface area contributed by atoms with Crippen molar-refractivity contribution in [3.05, 3.63) is 45.8 Å². The molecule has 1 fully saturated rings. The van der Waals surface area contributed by atoms with Gasteiger partial charge in [-0.3, -0.25) is 4.79 Å². The normalized spacial score (nSPS) is 13.8. The number of carbonyl (C=O) groups is 2. The Kier molecular flexibility index (Phi) is 5.43. The number of nitrogens with one attached hydrogen (secondary N) is 1. The van der Waals surface area contributed by atoms with Crippen LogP contribution in [0.2, 0.25) is 0 Å². The summed E-state index contributed by atoms with van der Waals surface area (Å²) in [6.07, 6.45) is 1.41. The lowest BCUT2D eigenvalue weighted by atomic mass is 9.88. The predicted octanol–water partition coefficient (Wildman–Crippen LogP) is 0.908. The minimum absolute atomic E-state index is 0.0331. The first-order valence-corrected chi connectivity index (χ1v) is 8.67. The van der Waals surface area contributed by atoms with Crippen molar-refractivity contribution in [1.29, 1.82) is 0 Å². The Labute approximate surface area is 155 Å². The van der Waals surface area contributed by atoms with Crippen molar-refractivity contribution in [2.75, 3.05) is 0 Å². The maximum absolute atomic E-state index is 12.9. The topological polar surface area (TPSA) is 157 Å². The van der Waals surface area contributed by atoms with E-state index in [9.17, 15) is 30.0 Å². The fourth-order valence-electron chi connectivity index (χ4n) is 3.46. The Bertz CT molecular complexity index is 898. The minimum Gasteiger partial charge on any atom is -0.477 e. The molecule has 0 aliphatic heterocycles.